The smallest absolute Gasteiger partial charge is 0.252 e. The predicted octanol–water partition coefficient (Wildman–Crippen LogP) is 14.6. The zero-order valence-corrected chi connectivity index (χ0v) is 40.4. The molecular formula is C57H56BN3S2. The lowest BCUT2D eigenvalue weighted by molar-refractivity contribution is 0.588. The highest BCUT2D eigenvalue weighted by atomic mass is 32.2. The van der Waals surface area contributed by atoms with Crippen LogP contribution in [0.25, 0.3) is 22.4 Å². The van der Waals surface area contributed by atoms with Gasteiger partial charge in [0.2, 0.25) is 0 Å². The summed E-state index contributed by atoms with van der Waals surface area (Å²) in [5.41, 5.74) is 21.8. The fraction of sp³-hybridized carbons (Fsp3) is 0.281. The van der Waals surface area contributed by atoms with Crippen LogP contribution in [0.4, 0.5) is 34.1 Å². The van der Waals surface area contributed by atoms with E-state index in [0.717, 1.165) is 11.3 Å². The van der Waals surface area contributed by atoms with Crippen molar-refractivity contribution < 1.29 is 0 Å². The van der Waals surface area contributed by atoms with Gasteiger partial charge in [0.25, 0.3) is 6.71 Å². The number of hydrogen-bond donors (Lipinski definition) is 0. The summed E-state index contributed by atoms with van der Waals surface area (Å²) < 4.78 is 0. The van der Waals surface area contributed by atoms with Gasteiger partial charge in [-0.1, -0.05) is 155 Å². The molecule has 0 spiro atoms. The van der Waals surface area contributed by atoms with E-state index in [1.807, 2.05) is 35.8 Å². The number of benzene rings is 6. The van der Waals surface area contributed by atoms with Gasteiger partial charge >= 0.3 is 0 Å². The lowest BCUT2D eigenvalue weighted by Gasteiger charge is -2.48. The van der Waals surface area contributed by atoms with Crippen molar-refractivity contribution in [2.75, 3.05) is 9.80 Å². The van der Waals surface area contributed by atoms with E-state index in [4.69, 9.17) is 4.98 Å². The number of rotatable bonds is 2. The summed E-state index contributed by atoms with van der Waals surface area (Å²) in [5, 5.41) is 0. The average Bonchev–Trinajstić information content (AvgIpc) is 3.23. The van der Waals surface area contributed by atoms with Crippen molar-refractivity contribution in [2.24, 2.45) is 0 Å². The lowest BCUT2D eigenvalue weighted by Crippen LogP contribution is -2.62. The molecule has 11 rings (SSSR count). The van der Waals surface area contributed by atoms with Crippen LogP contribution in [0, 0.1) is 0 Å². The Morgan fingerprint density at radius 1 is 0.413 bits per heavy atom. The van der Waals surface area contributed by atoms with E-state index in [-0.39, 0.29) is 28.4 Å². The highest BCUT2D eigenvalue weighted by Crippen LogP contribution is 2.59. The fourth-order valence-corrected chi connectivity index (χ4v) is 12.4. The van der Waals surface area contributed by atoms with Gasteiger partial charge in [-0.15, -0.1) is 0 Å². The summed E-state index contributed by atoms with van der Waals surface area (Å²) in [6.45, 7) is 28.2. The molecule has 0 saturated heterocycles. The topological polar surface area (TPSA) is 19.4 Å². The van der Waals surface area contributed by atoms with Gasteiger partial charge in [0, 0.05) is 42.7 Å². The van der Waals surface area contributed by atoms with Crippen molar-refractivity contribution in [2.45, 2.75) is 124 Å². The second-order valence-electron chi connectivity index (χ2n) is 22.2. The minimum Gasteiger partial charge on any atom is -0.309 e. The minimum atomic E-state index is -0.0387. The second-order valence-corrected chi connectivity index (χ2v) is 24.4. The molecule has 4 aliphatic rings. The highest BCUT2D eigenvalue weighted by Gasteiger charge is 2.49. The van der Waals surface area contributed by atoms with E-state index < -0.39 is 0 Å². The summed E-state index contributed by atoms with van der Waals surface area (Å²) in [6, 6.07) is 44.8. The molecule has 0 saturated carbocycles. The first-order valence-electron chi connectivity index (χ1n) is 22.6. The van der Waals surface area contributed by atoms with E-state index in [1.54, 1.807) is 0 Å². The Morgan fingerprint density at radius 3 is 1.35 bits per heavy atom. The highest BCUT2D eigenvalue weighted by molar-refractivity contribution is 8.00. The maximum absolute atomic E-state index is 4.77. The molecule has 0 N–H and O–H groups in total. The van der Waals surface area contributed by atoms with Crippen LogP contribution in [-0.2, 0) is 21.7 Å². The van der Waals surface area contributed by atoms with Crippen LogP contribution in [0.2, 0.25) is 0 Å². The van der Waals surface area contributed by atoms with Crippen LogP contribution in [0.1, 0.15) is 105 Å². The summed E-state index contributed by atoms with van der Waals surface area (Å²) in [5.74, 6) is 0. The molecule has 1 aromatic heterocycles. The molecule has 63 heavy (non-hydrogen) atoms. The first-order valence-corrected chi connectivity index (χ1v) is 24.2. The molecule has 6 heteroatoms. The number of nitrogens with zero attached hydrogens (tertiary/aromatic N) is 3. The molecular weight excluding hydrogens is 802 g/mol. The number of anilines is 6. The van der Waals surface area contributed by atoms with Crippen LogP contribution in [0.15, 0.2) is 141 Å². The van der Waals surface area contributed by atoms with Crippen molar-refractivity contribution in [1.29, 1.82) is 0 Å². The zero-order chi connectivity index (χ0) is 44.1. The summed E-state index contributed by atoms with van der Waals surface area (Å²) in [6.07, 6.45) is 1.89. The normalized spacial score (nSPS) is 14.8. The van der Waals surface area contributed by atoms with Crippen molar-refractivity contribution in [3.63, 3.8) is 0 Å². The zero-order valence-electron chi connectivity index (χ0n) is 38.8. The second kappa shape index (κ2) is 13.7. The van der Waals surface area contributed by atoms with Gasteiger partial charge in [-0.3, -0.25) is 4.98 Å². The first-order chi connectivity index (χ1) is 29.7. The molecule has 0 atom stereocenters. The standard InChI is InChI=1S/C57H56BN3S2/c1-54(2,3)36-19-21-43-47(29-36)62-49-31-38(56(7,8)9)27-40-52(49)60(43)45-25-35(33-16-15-17-34(24-33)42-18-13-14-23-59-42)26-46-51(45)58(40)41-28-39(57(10,11)12)32-50-53(41)61(46)44-22-20-37(55(4,5)6)30-48(44)63-50/h13-32H,1-12H3. The maximum atomic E-state index is 4.77. The molecule has 0 radical (unpaired) electrons. The summed E-state index contributed by atoms with van der Waals surface area (Å²) in [7, 11) is 0. The Labute approximate surface area is 383 Å². The fourth-order valence-electron chi connectivity index (χ4n) is 10.00. The van der Waals surface area contributed by atoms with Crippen LogP contribution in [0.3, 0.4) is 0 Å². The molecule has 6 aromatic carbocycles. The molecule has 0 fully saturated rings. The van der Waals surface area contributed by atoms with E-state index in [0.29, 0.717) is 0 Å². The van der Waals surface area contributed by atoms with Gasteiger partial charge in [-0.05, 0) is 138 Å². The number of pyridine rings is 1. The maximum Gasteiger partial charge on any atom is 0.252 e. The SMILES string of the molecule is CC(C)(C)c1ccc2c(c1)Sc1cc(C(C)(C)C)cc3c1N2c1cc(-c2cccc(-c4ccccn4)c2)cc2c1B3c1cc(C(C)(C)C)cc3c1N2c1ccc(C(C)(C)C)cc1S3. The van der Waals surface area contributed by atoms with E-state index in [1.165, 1.54) is 103 Å². The van der Waals surface area contributed by atoms with Crippen molar-refractivity contribution in [3.05, 3.63) is 144 Å². The molecule has 0 bridgehead atoms. The molecule has 4 aliphatic heterocycles. The third-order valence-corrected chi connectivity index (χ3v) is 15.8. The van der Waals surface area contributed by atoms with Crippen LogP contribution in [-0.4, -0.2) is 11.7 Å². The van der Waals surface area contributed by atoms with E-state index >= 15 is 0 Å². The van der Waals surface area contributed by atoms with Gasteiger partial charge in [0.1, 0.15) is 0 Å². The Hall–Kier alpha value is -5.17. The average molecular weight is 858 g/mol. The molecule has 3 nitrogen and oxygen atoms in total. The number of aromatic nitrogens is 1. The van der Waals surface area contributed by atoms with Crippen LogP contribution >= 0.6 is 23.5 Å². The molecule has 314 valence electrons. The van der Waals surface area contributed by atoms with Crippen LogP contribution < -0.4 is 26.2 Å². The third kappa shape index (κ3) is 6.45. The van der Waals surface area contributed by atoms with Gasteiger partial charge in [-0.2, -0.15) is 0 Å². The van der Waals surface area contributed by atoms with Crippen molar-refractivity contribution in [1.82, 2.24) is 4.98 Å². The van der Waals surface area contributed by atoms with Gasteiger partial charge < -0.3 is 9.80 Å². The van der Waals surface area contributed by atoms with E-state index in [2.05, 4.69) is 202 Å². The minimum absolute atomic E-state index is 0.0255. The molecule has 0 aliphatic carbocycles. The molecule has 5 heterocycles. The predicted molar refractivity (Wildman–Crippen MR) is 272 cm³/mol. The van der Waals surface area contributed by atoms with Gasteiger partial charge in [0.15, 0.2) is 0 Å². The number of fused-ring (bicyclic) bond motifs is 8. The summed E-state index contributed by atoms with van der Waals surface area (Å²) >= 11 is 3.92. The Morgan fingerprint density at radius 2 is 0.889 bits per heavy atom. The van der Waals surface area contributed by atoms with Crippen molar-refractivity contribution in [3.8, 4) is 22.4 Å². The van der Waals surface area contributed by atoms with E-state index in [9.17, 15) is 0 Å². The summed E-state index contributed by atoms with van der Waals surface area (Å²) in [4.78, 5) is 15.4. The molecule has 0 amide bonds. The third-order valence-electron chi connectivity index (χ3n) is 13.6. The largest absolute Gasteiger partial charge is 0.309 e. The quantitative estimate of drug-likeness (QED) is 0.161. The van der Waals surface area contributed by atoms with Gasteiger partial charge in [-0.25, -0.2) is 0 Å². The Balaban J connectivity index is 1.27. The number of hydrogen-bond acceptors (Lipinski definition) is 5. The molecule has 0 unspecified atom stereocenters. The van der Waals surface area contributed by atoms with Crippen LogP contribution in [0.5, 0.6) is 0 Å². The molecule has 7 aromatic rings. The Kier molecular flexibility index (Phi) is 8.81. The van der Waals surface area contributed by atoms with Crippen molar-refractivity contribution >= 4 is 80.7 Å². The van der Waals surface area contributed by atoms with Gasteiger partial charge in [0.05, 0.1) is 28.4 Å². The Bertz CT molecular complexity index is 2910. The first kappa shape index (κ1) is 40.6. The monoisotopic (exact) mass is 857 g/mol. The lowest BCUT2D eigenvalue weighted by atomic mass is 9.33.